The van der Waals surface area contributed by atoms with Gasteiger partial charge in [0.05, 0.1) is 5.69 Å². The molecule has 1 aliphatic rings. The van der Waals surface area contributed by atoms with Crippen LogP contribution in [0, 0.1) is 13.8 Å². The standard InChI is InChI=1S/C11H19N3O/c1-8-10(5-6-12)9(2)14(13-8)11-4-3-7-15-11/h11H,3-7,12H2,1-2H3. The number of aryl methyl sites for hydroxylation is 1. The molecule has 15 heavy (non-hydrogen) atoms. The first kappa shape index (κ1) is 10.6. The highest BCUT2D eigenvalue weighted by Gasteiger charge is 2.22. The lowest BCUT2D eigenvalue weighted by Gasteiger charge is -2.12. The molecule has 0 saturated carbocycles. The second-order valence-corrected chi connectivity index (χ2v) is 4.10. The molecule has 2 rings (SSSR count). The van der Waals surface area contributed by atoms with Crippen molar-refractivity contribution in [1.29, 1.82) is 0 Å². The van der Waals surface area contributed by atoms with Crippen LogP contribution in [-0.4, -0.2) is 22.9 Å². The van der Waals surface area contributed by atoms with E-state index in [4.69, 9.17) is 10.5 Å². The average Bonchev–Trinajstić information content (AvgIpc) is 2.81. The number of hydrogen-bond donors (Lipinski definition) is 1. The summed E-state index contributed by atoms with van der Waals surface area (Å²) >= 11 is 0. The highest BCUT2D eigenvalue weighted by molar-refractivity contribution is 5.25. The molecule has 0 aromatic carbocycles. The van der Waals surface area contributed by atoms with E-state index < -0.39 is 0 Å². The first-order valence-electron chi connectivity index (χ1n) is 5.60. The van der Waals surface area contributed by atoms with Gasteiger partial charge >= 0.3 is 0 Å². The summed E-state index contributed by atoms with van der Waals surface area (Å²) in [7, 11) is 0. The highest BCUT2D eigenvalue weighted by atomic mass is 16.5. The molecule has 1 atom stereocenters. The van der Waals surface area contributed by atoms with E-state index in [1.165, 1.54) is 11.3 Å². The van der Waals surface area contributed by atoms with Crippen LogP contribution >= 0.6 is 0 Å². The minimum Gasteiger partial charge on any atom is -0.357 e. The van der Waals surface area contributed by atoms with Gasteiger partial charge in [-0.2, -0.15) is 5.10 Å². The Morgan fingerprint density at radius 3 is 2.93 bits per heavy atom. The molecule has 0 radical (unpaired) electrons. The largest absolute Gasteiger partial charge is 0.357 e. The first-order chi connectivity index (χ1) is 7.24. The Balaban J connectivity index is 2.27. The monoisotopic (exact) mass is 209 g/mol. The Morgan fingerprint density at radius 2 is 2.33 bits per heavy atom. The molecule has 2 N–H and O–H groups in total. The Morgan fingerprint density at radius 1 is 1.53 bits per heavy atom. The van der Waals surface area contributed by atoms with Gasteiger partial charge in [-0.3, -0.25) is 0 Å². The fraction of sp³-hybridized carbons (Fsp3) is 0.727. The first-order valence-corrected chi connectivity index (χ1v) is 5.60. The van der Waals surface area contributed by atoms with Crippen LogP contribution in [0.2, 0.25) is 0 Å². The van der Waals surface area contributed by atoms with Crippen molar-refractivity contribution in [1.82, 2.24) is 9.78 Å². The van der Waals surface area contributed by atoms with Gasteiger partial charge in [-0.05, 0) is 45.2 Å². The maximum atomic E-state index is 5.64. The Hall–Kier alpha value is -0.870. The summed E-state index contributed by atoms with van der Waals surface area (Å²) in [6.45, 7) is 5.68. The van der Waals surface area contributed by atoms with Crippen molar-refractivity contribution < 1.29 is 4.74 Å². The Kier molecular flexibility index (Phi) is 3.07. The van der Waals surface area contributed by atoms with Crippen LogP contribution in [-0.2, 0) is 11.2 Å². The molecule has 1 fully saturated rings. The smallest absolute Gasteiger partial charge is 0.150 e. The summed E-state index contributed by atoms with van der Waals surface area (Å²) in [5.74, 6) is 0. The molecule has 4 heteroatoms. The van der Waals surface area contributed by atoms with Gasteiger partial charge < -0.3 is 10.5 Å². The van der Waals surface area contributed by atoms with Gasteiger partial charge in [-0.25, -0.2) is 4.68 Å². The van der Waals surface area contributed by atoms with Crippen molar-refractivity contribution >= 4 is 0 Å². The number of aromatic nitrogens is 2. The van der Waals surface area contributed by atoms with Crippen LogP contribution in [0.1, 0.15) is 36.0 Å². The minimum absolute atomic E-state index is 0.148. The predicted octanol–water partition coefficient (Wildman–Crippen LogP) is 1.31. The quantitative estimate of drug-likeness (QED) is 0.816. The minimum atomic E-state index is 0.148. The molecular formula is C11H19N3O. The molecular weight excluding hydrogens is 190 g/mol. The molecule has 0 aliphatic carbocycles. The molecule has 0 amide bonds. The van der Waals surface area contributed by atoms with Crippen molar-refractivity contribution in [2.24, 2.45) is 5.73 Å². The number of nitrogens with zero attached hydrogens (tertiary/aromatic N) is 2. The summed E-state index contributed by atoms with van der Waals surface area (Å²) < 4.78 is 7.66. The van der Waals surface area contributed by atoms with Crippen LogP contribution in [0.25, 0.3) is 0 Å². The molecule has 1 aromatic rings. The van der Waals surface area contributed by atoms with Crippen LogP contribution in [0.3, 0.4) is 0 Å². The second-order valence-electron chi connectivity index (χ2n) is 4.10. The molecule has 1 unspecified atom stereocenters. The zero-order chi connectivity index (χ0) is 10.8. The van der Waals surface area contributed by atoms with Crippen LogP contribution in [0.15, 0.2) is 0 Å². The molecule has 0 bridgehead atoms. The summed E-state index contributed by atoms with van der Waals surface area (Å²) in [6.07, 6.45) is 3.26. The number of hydrogen-bond acceptors (Lipinski definition) is 3. The SMILES string of the molecule is Cc1nn(C2CCCO2)c(C)c1CCN. The summed E-state index contributed by atoms with van der Waals surface area (Å²) in [5.41, 5.74) is 9.18. The molecule has 2 heterocycles. The number of ether oxygens (including phenoxy) is 1. The molecule has 1 aliphatic heterocycles. The molecule has 1 saturated heterocycles. The highest BCUT2D eigenvalue weighted by Crippen LogP contribution is 2.26. The normalized spacial score (nSPS) is 21.1. The van der Waals surface area contributed by atoms with Crippen molar-refractivity contribution in [2.75, 3.05) is 13.2 Å². The maximum Gasteiger partial charge on any atom is 0.150 e. The van der Waals surface area contributed by atoms with Gasteiger partial charge in [0, 0.05) is 12.3 Å². The summed E-state index contributed by atoms with van der Waals surface area (Å²) in [6, 6.07) is 0. The number of rotatable bonds is 3. The Bertz CT molecular complexity index is 340. The van der Waals surface area contributed by atoms with Crippen LogP contribution in [0.5, 0.6) is 0 Å². The predicted molar refractivity (Wildman–Crippen MR) is 58.7 cm³/mol. The average molecular weight is 209 g/mol. The van der Waals surface area contributed by atoms with Crippen molar-refractivity contribution in [3.8, 4) is 0 Å². The van der Waals surface area contributed by atoms with Crippen molar-refractivity contribution in [3.05, 3.63) is 17.0 Å². The van der Waals surface area contributed by atoms with Gasteiger partial charge in [-0.15, -0.1) is 0 Å². The summed E-state index contributed by atoms with van der Waals surface area (Å²) in [4.78, 5) is 0. The maximum absolute atomic E-state index is 5.64. The topological polar surface area (TPSA) is 53.1 Å². The van der Waals surface area contributed by atoms with Crippen LogP contribution in [0.4, 0.5) is 0 Å². The molecule has 4 nitrogen and oxygen atoms in total. The van der Waals surface area contributed by atoms with E-state index in [1.54, 1.807) is 0 Å². The van der Waals surface area contributed by atoms with E-state index in [-0.39, 0.29) is 6.23 Å². The van der Waals surface area contributed by atoms with E-state index in [0.29, 0.717) is 6.54 Å². The third kappa shape index (κ3) is 1.92. The lowest BCUT2D eigenvalue weighted by atomic mass is 10.1. The Labute approximate surface area is 90.4 Å². The van der Waals surface area contributed by atoms with E-state index in [9.17, 15) is 0 Å². The van der Waals surface area contributed by atoms with E-state index >= 15 is 0 Å². The molecule has 0 spiro atoms. The third-order valence-corrected chi connectivity index (χ3v) is 3.05. The zero-order valence-corrected chi connectivity index (χ0v) is 9.49. The second kappa shape index (κ2) is 4.33. The van der Waals surface area contributed by atoms with Gasteiger partial charge in [0.15, 0.2) is 6.23 Å². The van der Waals surface area contributed by atoms with Gasteiger partial charge in [0.2, 0.25) is 0 Å². The summed E-state index contributed by atoms with van der Waals surface area (Å²) in [5, 5.41) is 4.55. The van der Waals surface area contributed by atoms with E-state index in [2.05, 4.69) is 12.0 Å². The number of nitrogens with two attached hydrogens (primary N) is 1. The van der Waals surface area contributed by atoms with E-state index in [0.717, 1.165) is 31.6 Å². The van der Waals surface area contributed by atoms with Gasteiger partial charge in [-0.1, -0.05) is 0 Å². The zero-order valence-electron chi connectivity index (χ0n) is 9.49. The van der Waals surface area contributed by atoms with Crippen LogP contribution < -0.4 is 5.73 Å². The van der Waals surface area contributed by atoms with Crippen molar-refractivity contribution in [2.45, 2.75) is 39.3 Å². The van der Waals surface area contributed by atoms with Gasteiger partial charge in [0.1, 0.15) is 0 Å². The fourth-order valence-corrected chi connectivity index (χ4v) is 2.24. The lowest BCUT2D eigenvalue weighted by Crippen LogP contribution is -2.11. The fourth-order valence-electron chi connectivity index (χ4n) is 2.24. The van der Waals surface area contributed by atoms with Gasteiger partial charge in [0.25, 0.3) is 0 Å². The third-order valence-electron chi connectivity index (χ3n) is 3.05. The lowest BCUT2D eigenvalue weighted by molar-refractivity contribution is 0.0449. The molecule has 1 aromatic heterocycles. The van der Waals surface area contributed by atoms with E-state index in [1.807, 2.05) is 11.6 Å². The van der Waals surface area contributed by atoms with Crippen molar-refractivity contribution in [3.63, 3.8) is 0 Å². The molecule has 84 valence electrons.